The second kappa shape index (κ2) is 7.95. The molecule has 2 aromatic carbocycles. The van der Waals surface area contributed by atoms with Crippen molar-refractivity contribution in [1.82, 2.24) is 4.90 Å². The Bertz CT molecular complexity index is 711. The lowest BCUT2D eigenvalue weighted by Gasteiger charge is -2.29. The molecule has 1 aliphatic heterocycles. The molecule has 2 aromatic rings. The van der Waals surface area contributed by atoms with Crippen LogP contribution in [0, 0.1) is 0 Å². The first-order valence-electron chi connectivity index (χ1n) is 7.76. The van der Waals surface area contributed by atoms with Gasteiger partial charge in [0.05, 0.1) is 13.2 Å². The third kappa shape index (κ3) is 4.34. The third-order valence-corrected chi connectivity index (χ3v) is 3.90. The Kier molecular flexibility index (Phi) is 5.46. The number of nitrogens with one attached hydrogen (secondary N) is 1. The molecule has 1 fully saturated rings. The summed E-state index contributed by atoms with van der Waals surface area (Å²) in [6.45, 7) is 2.68. The van der Waals surface area contributed by atoms with Crippen molar-refractivity contribution in [3.05, 3.63) is 65.2 Å². The summed E-state index contributed by atoms with van der Waals surface area (Å²) in [4.78, 5) is 18.7. The number of anilines is 1. The summed E-state index contributed by atoms with van der Waals surface area (Å²) < 4.78 is 5.39. The zero-order chi connectivity index (χ0) is 16.8. The Labute approximate surface area is 145 Å². The minimum Gasteiger partial charge on any atom is -0.378 e. The second-order valence-corrected chi connectivity index (χ2v) is 5.77. The van der Waals surface area contributed by atoms with E-state index in [0.29, 0.717) is 42.8 Å². The van der Waals surface area contributed by atoms with Crippen molar-refractivity contribution in [2.24, 2.45) is 4.99 Å². The van der Waals surface area contributed by atoms with Crippen molar-refractivity contribution in [1.29, 1.82) is 0 Å². The van der Waals surface area contributed by atoms with Gasteiger partial charge >= 0.3 is 6.03 Å². The summed E-state index contributed by atoms with van der Waals surface area (Å²) in [5, 5.41) is 3.39. The fraction of sp³-hybridized carbons (Fsp3) is 0.222. The van der Waals surface area contributed by atoms with E-state index in [4.69, 9.17) is 16.3 Å². The first-order valence-corrected chi connectivity index (χ1v) is 8.13. The van der Waals surface area contributed by atoms with Gasteiger partial charge in [0.15, 0.2) is 0 Å². The van der Waals surface area contributed by atoms with Crippen LogP contribution in [-0.2, 0) is 4.74 Å². The SMILES string of the molecule is O=C(N=C(c1ccccc1)N1CCOCC1)Nc1ccc(Cl)cc1. The summed E-state index contributed by atoms with van der Waals surface area (Å²) in [7, 11) is 0. The number of morpholine rings is 1. The molecule has 1 aliphatic rings. The lowest BCUT2D eigenvalue weighted by molar-refractivity contribution is 0.0682. The highest BCUT2D eigenvalue weighted by molar-refractivity contribution is 6.30. The van der Waals surface area contributed by atoms with E-state index in [1.54, 1.807) is 24.3 Å². The lowest BCUT2D eigenvalue weighted by Crippen LogP contribution is -2.41. The van der Waals surface area contributed by atoms with Crippen LogP contribution < -0.4 is 5.32 Å². The number of amides is 2. The molecule has 0 radical (unpaired) electrons. The first-order chi connectivity index (χ1) is 11.7. The number of aliphatic imine (C=N–C) groups is 1. The predicted molar refractivity (Wildman–Crippen MR) is 95.8 cm³/mol. The Hall–Kier alpha value is -2.37. The van der Waals surface area contributed by atoms with Crippen LogP contribution in [0.25, 0.3) is 0 Å². The fourth-order valence-electron chi connectivity index (χ4n) is 2.46. The zero-order valence-electron chi connectivity index (χ0n) is 13.1. The molecular formula is C18H18ClN3O2. The number of ether oxygens (including phenoxy) is 1. The number of carbonyl (C=O) groups excluding carboxylic acids is 1. The largest absolute Gasteiger partial charge is 0.378 e. The van der Waals surface area contributed by atoms with Crippen LogP contribution in [0.1, 0.15) is 5.56 Å². The second-order valence-electron chi connectivity index (χ2n) is 5.34. The number of rotatable bonds is 2. The van der Waals surface area contributed by atoms with Crippen molar-refractivity contribution >= 4 is 29.2 Å². The van der Waals surface area contributed by atoms with Crippen molar-refractivity contribution in [2.45, 2.75) is 0 Å². The van der Waals surface area contributed by atoms with E-state index in [0.717, 1.165) is 5.56 Å². The molecule has 0 unspecified atom stereocenters. The molecule has 5 nitrogen and oxygen atoms in total. The van der Waals surface area contributed by atoms with Gasteiger partial charge in [-0.25, -0.2) is 4.79 Å². The molecule has 1 N–H and O–H groups in total. The number of amidine groups is 1. The van der Waals surface area contributed by atoms with Crippen LogP contribution in [0.15, 0.2) is 59.6 Å². The topological polar surface area (TPSA) is 53.9 Å². The van der Waals surface area contributed by atoms with Crippen LogP contribution in [0.2, 0.25) is 5.02 Å². The standard InChI is InChI=1S/C18H18ClN3O2/c19-15-6-8-16(9-7-15)20-18(23)21-17(14-4-2-1-3-5-14)22-10-12-24-13-11-22/h1-9H,10-13H2,(H,20,23). The number of benzene rings is 2. The van der Waals surface area contributed by atoms with Gasteiger partial charge in [-0.3, -0.25) is 0 Å². The highest BCUT2D eigenvalue weighted by atomic mass is 35.5. The molecule has 2 amide bonds. The van der Waals surface area contributed by atoms with E-state index < -0.39 is 6.03 Å². The van der Waals surface area contributed by atoms with Crippen molar-refractivity contribution in [3.63, 3.8) is 0 Å². The lowest BCUT2D eigenvalue weighted by atomic mass is 10.2. The molecule has 0 atom stereocenters. The number of urea groups is 1. The Morgan fingerprint density at radius 1 is 1.04 bits per heavy atom. The average molecular weight is 344 g/mol. The van der Waals surface area contributed by atoms with Crippen molar-refractivity contribution in [2.75, 3.05) is 31.6 Å². The third-order valence-electron chi connectivity index (χ3n) is 3.65. The van der Waals surface area contributed by atoms with E-state index in [1.165, 1.54) is 0 Å². The summed E-state index contributed by atoms with van der Waals surface area (Å²) >= 11 is 5.86. The summed E-state index contributed by atoms with van der Waals surface area (Å²) in [6, 6.07) is 16.2. The van der Waals surface area contributed by atoms with E-state index in [2.05, 4.69) is 15.2 Å². The maximum Gasteiger partial charge on any atom is 0.347 e. The minimum absolute atomic E-state index is 0.414. The summed E-state index contributed by atoms with van der Waals surface area (Å²) in [5.41, 5.74) is 1.56. The number of hydrogen-bond acceptors (Lipinski definition) is 2. The first kappa shape index (κ1) is 16.5. The van der Waals surface area contributed by atoms with Gasteiger partial charge in [-0.15, -0.1) is 0 Å². The van der Waals surface area contributed by atoms with Gasteiger partial charge in [0, 0.05) is 29.4 Å². The molecular weight excluding hydrogens is 326 g/mol. The molecule has 0 bridgehead atoms. The summed E-state index contributed by atoms with van der Waals surface area (Å²) in [5.74, 6) is 0.658. The van der Waals surface area contributed by atoms with E-state index in [-0.39, 0.29) is 0 Å². The van der Waals surface area contributed by atoms with Crippen molar-refractivity contribution < 1.29 is 9.53 Å². The molecule has 0 aromatic heterocycles. The maximum absolute atomic E-state index is 12.3. The molecule has 6 heteroatoms. The zero-order valence-corrected chi connectivity index (χ0v) is 13.9. The van der Waals surface area contributed by atoms with Gasteiger partial charge in [-0.1, -0.05) is 41.9 Å². The molecule has 1 heterocycles. The van der Waals surface area contributed by atoms with Gasteiger partial charge < -0.3 is 15.0 Å². The van der Waals surface area contributed by atoms with Crippen LogP contribution in [0.5, 0.6) is 0 Å². The molecule has 3 rings (SSSR count). The van der Waals surface area contributed by atoms with Crippen LogP contribution in [0.4, 0.5) is 10.5 Å². The number of carbonyl (C=O) groups is 1. The molecule has 24 heavy (non-hydrogen) atoms. The molecule has 0 aliphatic carbocycles. The summed E-state index contributed by atoms with van der Waals surface area (Å²) in [6.07, 6.45) is 0. The van der Waals surface area contributed by atoms with Gasteiger partial charge in [-0.05, 0) is 24.3 Å². The highest BCUT2D eigenvalue weighted by Crippen LogP contribution is 2.14. The van der Waals surface area contributed by atoms with Gasteiger partial charge in [0.25, 0.3) is 0 Å². The van der Waals surface area contributed by atoms with Gasteiger partial charge in [0.1, 0.15) is 5.84 Å². The minimum atomic E-state index is -0.414. The fourth-order valence-corrected chi connectivity index (χ4v) is 2.59. The van der Waals surface area contributed by atoms with Gasteiger partial charge in [-0.2, -0.15) is 4.99 Å². The van der Waals surface area contributed by atoms with Crippen molar-refractivity contribution in [3.8, 4) is 0 Å². The Morgan fingerprint density at radius 2 is 1.71 bits per heavy atom. The average Bonchev–Trinajstić information content (AvgIpc) is 2.63. The highest BCUT2D eigenvalue weighted by Gasteiger charge is 2.18. The van der Waals surface area contributed by atoms with Gasteiger partial charge in [0.2, 0.25) is 0 Å². The number of hydrogen-bond donors (Lipinski definition) is 1. The molecule has 0 spiro atoms. The van der Waals surface area contributed by atoms with Crippen LogP contribution >= 0.6 is 11.6 Å². The quantitative estimate of drug-likeness (QED) is 0.669. The molecule has 1 saturated heterocycles. The molecule has 124 valence electrons. The normalized spacial score (nSPS) is 15.2. The maximum atomic E-state index is 12.3. The van der Waals surface area contributed by atoms with E-state index in [9.17, 15) is 4.79 Å². The smallest absolute Gasteiger partial charge is 0.347 e. The molecule has 0 saturated carbocycles. The Balaban J connectivity index is 1.82. The number of nitrogens with zero attached hydrogens (tertiary/aromatic N) is 2. The monoisotopic (exact) mass is 343 g/mol. The predicted octanol–water partition coefficient (Wildman–Crippen LogP) is 3.65. The van der Waals surface area contributed by atoms with Crippen LogP contribution in [0.3, 0.4) is 0 Å². The number of halogens is 1. The van der Waals surface area contributed by atoms with E-state index in [1.807, 2.05) is 30.3 Å². The van der Waals surface area contributed by atoms with Crippen LogP contribution in [-0.4, -0.2) is 43.1 Å². The Morgan fingerprint density at radius 3 is 2.38 bits per heavy atom. The van der Waals surface area contributed by atoms with E-state index >= 15 is 0 Å².